The molecule has 1 aliphatic rings. The van der Waals surface area contributed by atoms with Crippen LogP contribution in [0.5, 0.6) is 11.5 Å². The standard InChI is InChI=1S/C14H21NO4/c1-10(12-8-11(16)2-3-13(12)17)15-9-14(18)4-6-19-7-5-14/h2-3,8,10,15-18H,4-7,9H2,1H3. The molecule has 2 rings (SSSR count). The zero-order valence-corrected chi connectivity index (χ0v) is 11.1. The molecular formula is C14H21NO4. The minimum absolute atomic E-state index is 0.117. The van der Waals surface area contributed by atoms with Crippen molar-refractivity contribution in [3.8, 4) is 11.5 Å². The molecule has 1 atom stereocenters. The van der Waals surface area contributed by atoms with Crippen molar-refractivity contribution >= 4 is 0 Å². The number of phenolic OH excluding ortho intramolecular Hbond substituents is 2. The van der Waals surface area contributed by atoms with Crippen molar-refractivity contribution in [3.05, 3.63) is 23.8 Å². The first-order chi connectivity index (χ1) is 9.00. The second-order valence-corrected chi connectivity index (χ2v) is 5.18. The van der Waals surface area contributed by atoms with E-state index in [1.165, 1.54) is 18.2 Å². The first-order valence-electron chi connectivity index (χ1n) is 6.56. The van der Waals surface area contributed by atoms with Crippen LogP contribution in [0, 0.1) is 0 Å². The zero-order valence-electron chi connectivity index (χ0n) is 11.1. The Morgan fingerprint density at radius 2 is 2.00 bits per heavy atom. The van der Waals surface area contributed by atoms with Gasteiger partial charge in [0.2, 0.25) is 0 Å². The molecule has 1 unspecified atom stereocenters. The predicted octanol–water partition coefficient (Wildman–Crippen LogP) is 1.29. The van der Waals surface area contributed by atoms with Gasteiger partial charge in [-0.2, -0.15) is 0 Å². The number of hydrogen-bond donors (Lipinski definition) is 4. The summed E-state index contributed by atoms with van der Waals surface area (Å²) in [4.78, 5) is 0. The minimum Gasteiger partial charge on any atom is -0.508 e. The fourth-order valence-electron chi connectivity index (χ4n) is 2.27. The normalized spacial score (nSPS) is 20.1. The van der Waals surface area contributed by atoms with Crippen molar-refractivity contribution in [2.75, 3.05) is 19.8 Å². The third-order valence-corrected chi connectivity index (χ3v) is 3.64. The number of phenols is 2. The molecule has 0 aliphatic carbocycles. The maximum atomic E-state index is 10.3. The Hall–Kier alpha value is -1.30. The van der Waals surface area contributed by atoms with Gasteiger partial charge in [0.15, 0.2) is 0 Å². The van der Waals surface area contributed by atoms with Crippen LogP contribution >= 0.6 is 0 Å². The summed E-state index contributed by atoms with van der Waals surface area (Å²) in [5.74, 6) is 0.253. The van der Waals surface area contributed by atoms with Gasteiger partial charge in [-0.3, -0.25) is 0 Å². The second-order valence-electron chi connectivity index (χ2n) is 5.18. The highest BCUT2D eigenvalue weighted by Crippen LogP contribution is 2.28. The molecule has 0 radical (unpaired) electrons. The lowest BCUT2D eigenvalue weighted by molar-refractivity contribution is -0.0626. The smallest absolute Gasteiger partial charge is 0.120 e. The molecule has 106 valence electrons. The zero-order chi connectivity index (χ0) is 13.9. The molecule has 1 aliphatic heterocycles. The van der Waals surface area contributed by atoms with Crippen molar-refractivity contribution < 1.29 is 20.1 Å². The Morgan fingerprint density at radius 3 is 2.68 bits per heavy atom. The number of aromatic hydroxyl groups is 2. The second kappa shape index (κ2) is 5.77. The minimum atomic E-state index is -0.751. The van der Waals surface area contributed by atoms with Crippen LogP contribution in [0.2, 0.25) is 0 Å². The molecule has 0 aromatic heterocycles. The van der Waals surface area contributed by atoms with E-state index in [1.54, 1.807) is 0 Å². The van der Waals surface area contributed by atoms with E-state index >= 15 is 0 Å². The van der Waals surface area contributed by atoms with Gasteiger partial charge in [0, 0.05) is 44.2 Å². The van der Waals surface area contributed by atoms with E-state index in [-0.39, 0.29) is 17.5 Å². The van der Waals surface area contributed by atoms with Gasteiger partial charge in [-0.1, -0.05) is 0 Å². The average Bonchev–Trinajstić information content (AvgIpc) is 2.40. The fraction of sp³-hybridized carbons (Fsp3) is 0.571. The largest absolute Gasteiger partial charge is 0.508 e. The molecule has 1 fully saturated rings. The first kappa shape index (κ1) is 14.1. The van der Waals surface area contributed by atoms with Crippen molar-refractivity contribution in [1.29, 1.82) is 0 Å². The molecule has 5 nitrogen and oxygen atoms in total. The van der Waals surface area contributed by atoms with Crippen LogP contribution in [-0.4, -0.2) is 40.7 Å². The highest BCUT2D eigenvalue weighted by molar-refractivity contribution is 5.40. The molecule has 0 spiro atoms. The predicted molar refractivity (Wildman–Crippen MR) is 71.2 cm³/mol. The SMILES string of the molecule is CC(NCC1(O)CCOCC1)c1cc(O)ccc1O. The van der Waals surface area contributed by atoms with Crippen LogP contribution in [0.3, 0.4) is 0 Å². The molecule has 1 aromatic carbocycles. The number of ether oxygens (including phenoxy) is 1. The van der Waals surface area contributed by atoms with Crippen LogP contribution in [-0.2, 0) is 4.74 Å². The molecule has 1 heterocycles. The van der Waals surface area contributed by atoms with E-state index in [1.807, 2.05) is 6.92 Å². The summed E-state index contributed by atoms with van der Waals surface area (Å²) in [7, 11) is 0. The van der Waals surface area contributed by atoms with Gasteiger partial charge in [-0.15, -0.1) is 0 Å². The van der Waals surface area contributed by atoms with E-state index in [0.717, 1.165) is 0 Å². The third-order valence-electron chi connectivity index (χ3n) is 3.64. The Labute approximate surface area is 112 Å². The Balaban J connectivity index is 1.97. The summed E-state index contributed by atoms with van der Waals surface area (Å²) in [6, 6.07) is 4.28. The molecular weight excluding hydrogens is 246 g/mol. The van der Waals surface area contributed by atoms with Gasteiger partial charge in [0.05, 0.1) is 5.60 Å². The summed E-state index contributed by atoms with van der Waals surface area (Å²) >= 11 is 0. The molecule has 0 amide bonds. The monoisotopic (exact) mass is 267 g/mol. The number of nitrogens with one attached hydrogen (secondary N) is 1. The average molecular weight is 267 g/mol. The van der Waals surface area contributed by atoms with E-state index in [0.29, 0.717) is 38.2 Å². The molecule has 0 saturated carbocycles. The van der Waals surface area contributed by atoms with Crippen molar-refractivity contribution in [2.24, 2.45) is 0 Å². The molecule has 1 saturated heterocycles. The Morgan fingerprint density at radius 1 is 1.32 bits per heavy atom. The summed E-state index contributed by atoms with van der Waals surface area (Å²) in [6.07, 6.45) is 1.22. The maximum absolute atomic E-state index is 10.3. The van der Waals surface area contributed by atoms with Crippen LogP contribution < -0.4 is 5.32 Å². The number of hydrogen-bond acceptors (Lipinski definition) is 5. The van der Waals surface area contributed by atoms with E-state index in [2.05, 4.69) is 5.32 Å². The number of benzene rings is 1. The topological polar surface area (TPSA) is 82.0 Å². The molecule has 0 bridgehead atoms. The van der Waals surface area contributed by atoms with Crippen molar-refractivity contribution in [2.45, 2.75) is 31.4 Å². The fourth-order valence-corrected chi connectivity index (χ4v) is 2.27. The summed E-state index contributed by atoms with van der Waals surface area (Å²) < 4.78 is 5.23. The van der Waals surface area contributed by atoms with Gasteiger partial charge in [-0.25, -0.2) is 0 Å². The van der Waals surface area contributed by atoms with Crippen molar-refractivity contribution in [1.82, 2.24) is 5.32 Å². The van der Waals surface area contributed by atoms with Crippen LogP contribution in [0.4, 0.5) is 0 Å². The lowest BCUT2D eigenvalue weighted by atomic mass is 9.93. The lowest BCUT2D eigenvalue weighted by Crippen LogP contribution is -2.45. The number of aliphatic hydroxyl groups is 1. The molecule has 19 heavy (non-hydrogen) atoms. The summed E-state index contributed by atoms with van der Waals surface area (Å²) in [6.45, 7) is 3.47. The highest BCUT2D eigenvalue weighted by Gasteiger charge is 2.30. The Kier molecular flexibility index (Phi) is 4.29. The summed E-state index contributed by atoms with van der Waals surface area (Å²) in [5.41, 5.74) is -0.130. The van der Waals surface area contributed by atoms with Crippen LogP contribution in [0.1, 0.15) is 31.4 Å². The Bertz CT molecular complexity index is 429. The summed E-state index contributed by atoms with van der Waals surface area (Å²) in [5, 5.41) is 32.8. The quantitative estimate of drug-likeness (QED) is 0.618. The van der Waals surface area contributed by atoms with Crippen LogP contribution in [0.15, 0.2) is 18.2 Å². The van der Waals surface area contributed by atoms with Gasteiger partial charge in [-0.05, 0) is 25.1 Å². The van der Waals surface area contributed by atoms with Gasteiger partial charge >= 0.3 is 0 Å². The van der Waals surface area contributed by atoms with E-state index < -0.39 is 5.60 Å². The molecule has 4 N–H and O–H groups in total. The van der Waals surface area contributed by atoms with E-state index in [4.69, 9.17) is 4.74 Å². The first-order valence-corrected chi connectivity index (χ1v) is 6.56. The van der Waals surface area contributed by atoms with Crippen molar-refractivity contribution in [3.63, 3.8) is 0 Å². The molecule has 1 aromatic rings. The lowest BCUT2D eigenvalue weighted by Gasteiger charge is -2.33. The van der Waals surface area contributed by atoms with Gasteiger partial charge < -0.3 is 25.4 Å². The number of rotatable bonds is 4. The van der Waals surface area contributed by atoms with Gasteiger partial charge in [0.1, 0.15) is 11.5 Å². The van der Waals surface area contributed by atoms with Crippen LogP contribution in [0.25, 0.3) is 0 Å². The van der Waals surface area contributed by atoms with E-state index in [9.17, 15) is 15.3 Å². The maximum Gasteiger partial charge on any atom is 0.120 e. The highest BCUT2D eigenvalue weighted by atomic mass is 16.5. The third kappa shape index (κ3) is 3.59. The molecule has 5 heteroatoms. The van der Waals surface area contributed by atoms with Gasteiger partial charge in [0.25, 0.3) is 0 Å².